The summed E-state index contributed by atoms with van der Waals surface area (Å²) in [5.74, 6) is -1.07. The van der Waals surface area contributed by atoms with Crippen LogP contribution in [0.4, 0.5) is 10.5 Å². The number of rotatable bonds is 3. The Labute approximate surface area is 122 Å². The zero-order chi connectivity index (χ0) is 15.6. The maximum atomic E-state index is 12.2. The van der Waals surface area contributed by atoms with Crippen molar-refractivity contribution in [3.8, 4) is 0 Å². The molecule has 1 aromatic carbocycles. The molecule has 21 heavy (non-hydrogen) atoms. The van der Waals surface area contributed by atoms with E-state index < -0.39 is 17.5 Å². The number of carboxylic acid groups (broad SMARTS) is 1. The lowest BCUT2D eigenvalue weighted by atomic mass is 10.0. The van der Waals surface area contributed by atoms with E-state index in [4.69, 9.17) is 5.11 Å². The number of likely N-dealkylation sites (N-methyl/N-ethyl adjacent to an activating group) is 1. The second kappa shape index (κ2) is 5.40. The maximum absolute atomic E-state index is 12.2. The molecule has 2 rings (SSSR count). The molecule has 0 fully saturated rings. The van der Waals surface area contributed by atoms with Crippen molar-refractivity contribution >= 4 is 28.5 Å². The summed E-state index contributed by atoms with van der Waals surface area (Å²) >= 11 is 0. The number of nitrogens with zero attached hydrogens (tertiary/aromatic N) is 2. The number of carbonyl (C=O) groups is 2. The molecule has 1 aromatic heterocycles. The number of hydrogen-bond donors (Lipinski definition) is 2. The van der Waals surface area contributed by atoms with Crippen molar-refractivity contribution in [2.45, 2.75) is 19.4 Å². The van der Waals surface area contributed by atoms with Crippen LogP contribution in [0, 0.1) is 0 Å². The van der Waals surface area contributed by atoms with Gasteiger partial charge in [-0.3, -0.25) is 4.98 Å². The lowest BCUT2D eigenvalue weighted by Crippen LogP contribution is -2.52. The van der Waals surface area contributed by atoms with E-state index in [0.717, 1.165) is 15.7 Å². The maximum Gasteiger partial charge on any atom is 0.329 e. The minimum Gasteiger partial charge on any atom is -0.480 e. The van der Waals surface area contributed by atoms with Gasteiger partial charge in [0.15, 0.2) is 0 Å². The topological polar surface area (TPSA) is 82.5 Å². The Bertz CT molecular complexity index is 692. The fourth-order valence-corrected chi connectivity index (χ4v) is 1.83. The van der Waals surface area contributed by atoms with Crippen molar-refractivity contribution in [2.75, 3.05) is 12.4 Å². The predicted octanol–water partition coefficient (Wildman–Crippen LogP) is 2.56. The van der Waals surface area contributed by atoms with Gasteiger partial charge in [-0.1, -0.05) is 12.1 Å². The fourth-order valence-electron chi connectivity index (χ4n) is 1.83. The normalized spacial score (nSPS) is 11.2. The molecule has 0 saturated heterocycles. The summed E-state index contributed by atoms with van der Waals surface area (Å²) in [4.78, 5) is 28.6. The number of fused-ring (bicyclic) bond motifs is 1. The van der Waals surface area contributed by atoms with Crippen LogP contribution in [0.1, 0.15) is 13.8 Å². The third kappa shape index (κ3) is 2.79. The van der Waals surface area contributed by atoms with Crippen LogP contribution in [0.3, 0.4) is 0 Å². The van der Waals surface area contributed by atoms with Crippen LogP contribution in [0.5, 0.6) is 0 Å². The number of benzene rings is 1. The third-order valence-corrected chi connectivity index (χ3v) is 3.59. The number of nitrogens with one attached hydrogen (secondary N) is 1. The highest BCUT2D eigenvalue weighted by molar-refractivity contribution is 6.02. The van der Waals surface area contributed by atoms with Crippen LogP contribution >= 0.6 is 0 Å². The van der Waals surface area contributed by atoms with Gasteiger partial charge in [-0.15, -0.1) is 0 Å². The van der Waals surface area contributed by atoms with E-state index in [-0.39, 0.29) is 0 Å². The molecule has 0 saturated carbocycles. The van der Waals surface area contributed by atoms with E-state index in [2.05, 4.69) is 10.3 Å². The van der Waals surface area contributed by atoms with Crippen molar-refractivity contribution in [1.29, 1.82) is 0 Å². The Kier molecular flexibility index (Phi) is 3.80. The molecule has 0 bridgehead atoms. The van der Waals surface area contributed by atoms with Gasteiger partial charge in [-0.2, -0.15) is 0 Å². The first kappa shape index (κ1) is 14.8. The number of anilines is 1. The molecule has 2 aromatic rings. The van der Waals surface area contributed by atoms with Gasteiger partial charge in [0.05, 0.1) is 5.69 Å². The number of pyridine rings is 1. The zero-order valence-electron chi connectivity index (χ0n) is 12.1. The zero-order valence-corrected chi connectivity index (χ0v) is 12.1. The van der Waals surface area contributed by atoms with E-state index in [1.807, 2.05) is 12.1 Å². The fraction of sp³-hybridized carbons (Fsp3) is 0.267. The SMILES string of the molecule is CN(C(=O)Nc1cccc2cnccc12)C(C)(C)C(=O)O. The van der Waals surface area contributed by atoms with Gasteiger partial charge in [0.1, 0.15) is 5.54 Å². The number of amides is 2. The van der Waals surface area contributed by atoms with Crippen LogP contribution in [-0.4, -0.2) is 39.6 Å². The summed E-state index contributed by atoms with van der Waals surface area (Å²) < 4.78 is 0. The van der Waals surface area contributed by atoms with Crippen molar-refractivity contribution in [1.82, 2.24) is 9.88 Å². The summed E-state index contributed by atoms with van der Waals surface area (Å²) in [5, 5.41) is 13.7. The average Bonchev–Trinajstić information content (AvgIpc) is 2.46. The van der Waals surface area contributed by atoms with Crippen molar-refractivity contribution < 1.29 is 14.7 Å². The van der Waals surface area contributed by atoms with Gasteiger partial charge in [0, 0.05) is 30.2 Å². The van der Waals surface area contributed by atoms with Crippen LogP contribution in [0.2, 0.25) is 0 Å². The molecule has 6 heteroatoms. The first-order valence-electron chi connectivity index (χ1n) is 6.45. The lowest BCUT2D eigenvalue weighted by Gasteiger charge is -2.31. The summed E-state index contributed by atoms with van der Waals surface area (Å²) in [6, 6.07) is 6.78. The van der Waals surface area contributed by atoms with Gasteiger partial charge in [-0.25, -0.2) is 9.59 Å². The monoisotopic (exact) mass is 287 g/mol. The highest BCUT2D eigenvalue weighted by atomic mass is 16.4. The molecule has 0 aliphatic carbocycles. The number of aliphatic carboxylic acids is 1. The second-order valence-corrected chi connectivity index (χ2v) is 5.26. The molecule has 0 spiro atoms. The molecule has 2 N–H and O–H groups in total. The Hall–Kier alpha value is -2.63. The van der Waals surface area contributed by atoms with E-state index in [9.17, 15) is 9.59 Å². The molecule has 6 nitrogen and oxygen atoms in total. The highest BCUT2D eigenvalue weighted by Crippen LogP contribution is 2.23. The number of hydrogen-bond acceptors (Lipinski definition) is 3. The van der Waals surface area contributed by atoms with E-state index in [1.54, 1.807) is 24.5 Å². The Balaban J connectivity index is 2.28. The molecular formula is C15H17N3O3. The number of carbonyl (C=O) groups excluding carboxylic acids is 1. The molecule has 0 radical (unpaired) electrons. The standard InChI is InChI=1S/C15H17N3O3/c1-15(2,13(19)20)18(3)14(21)17-12-6-4-5-10-9-16-8-7-11(10)12/h4-9H,1-3H3,(H,17,21)(H,19,20). The summed E-state index contributed by atoms with van der Waals surface area (Å²) in [7, 11) is 1.45. The summed E-state index contributed by atoms with van der Waals surface area (Å²) in [6.07, 6.45) is 3.35. The average molecular weight is 287 g/mol. The van der Waals surface area contributed by atoms with Gasteiger partial charge in [0.25, 0.3) is 0 Å². The lowest BCUT2D eigenvalue weighted by molar-refractivity contribution is -0.146. The molecule has 0 unspecified atom stereocenters. The minimum absolute atomic E-state index is 0.480. The molecule has 2 amide bonds. The number of urea groups is 1. The molecule has 110 valence electrons. The molecule has 1 heterocycles. The highest BCUT2D eigenvalue weighted by Gasteiger charge is 2.35. The van der Waals surface area contributed by atoms with Crippen molar-refractivity contribution in [3.63, 3.8) is 0 Å². The van der Waals surface area contributed by atoms with Gasteiger partial charge in [0.2, 0.25) is 0 Å². The van der Waals surface area contributed by atoms with Crippen molar-refractivity contribution in [2.24, 2.45) is 0 Å². The van der Waals surface area contributed by atoms with Crippen LogP contribution < -0.4 is 5.32 Å². The van der Waals surface area contributed by atoms with Gasteiger partial charge in [-0.05, 0) is 26.0 Å². The summed E-state index contributed by atoms with van der Waals surface area (Å²) in [6.45, 7) is 2.95. The molecular weight excluding hydrogens is 270 g/mol. The third-order valence-electron chi connectivity index (χ3n) is 3.59. The van der Waals surface area contributed by atoms with E-state index >= 15 is 0 Å². The summed E-state index contributed by atoms with van der Waals surface area (Å²) in [5.41, 5.74) is -0.677. The first-order valence-corrected chi connectivity index (χ1v) is 6.45. The van der Waals surface area contributed by atoms with Crippen molar-refractivity contribution in [3.05, 3.63) is 36.7 Å². The Morgan fingerprint density at radius 2 is 2.00 bits per heavy atom. The quantitative estimate of drug-likeness (QED) is 0.909. The first-order chi connectivity index (χ1) is 9.84. The minimum atomic E-state index is -1.30. The van der Waals surface area contributed by atoms with Crippen LogP contribution in [-0.2, 0) is 4.79 Å². The van der Waals surface area contributed by atoms with E-state index in [0.29, 0.717) is 5.69 Å². The number of aromatic nitrogens is 1. The van der Waals surface area contributed by atoms with Crippen LogP contribution in [0.25, 0.3) is 10.8 Å². The second-order valence-electron chi connectivity index (χ2n) is 5.26. The van der Waals surface area contributed by atoms with E-state index in [1.165, 1.54) is 20.9 Å². The van der Waals surface area contributed by atoms with Crippen LogP contribution in [0.15, 0.2) is 36.7 Å². The molecule has 0 aliphatic heterocycles. The Morgan fingerprint density at radius 3 is 2.67 bits per heavy atom. The van der Waals surface area contributed by atoms with Gasteiger partial charge >= 0.3 is 12.0 Å². The number of carboxylic acids is 1. The molecule has 0 atom stereocenters. The smallest absolute Gasteiger partial charge is 0.329 e. The predicted molar refractivity (Wildman–Crippen MR) is 80.2 cm³/mol. The Morgan fingerprint density at radius 1 is 1.29 bits per heavy atom. The largest absolute Gasteiger partial charge is 0.480 e. The molecule has 0 aliphatic rings. The van der Waals surface area contributed by atoms with Gasteiger partial charge < -0.3 is 15.3 Å².